The Morgan fingerprint density at radius 2 is 1.90 bits per heavy atom. The zero-order valence-corrected chi connectivity index (χ0v) is 17.1. The lowest BCUT2D eigenvalue weighted by Crippen LogP contribution is -2.49. The minimum atomic E-state index is -0.0352. The third-order valence-electron chi connectivity index (χ3n) is 5.06. The SMILES string of the molecule is CC(C)COc1cc(N2CCN(C(=O)c3nc4ccccc4n3C)CC2)ncn1. The molecule has 0 bridgehead atoms. The van der Waals surface area contributed by atoms with Crippen molar-refractivity contribution in [2.45, 2.75) is 13.8 Å². The second kappa shape index (κ2) is 8.06. The van der Waals surface area contributed by atoms with Crippen LogP contribution >= 0.6 is 0 Å². The lowest BCUT2D eigenvalue weighted by atomic mass is 10.2. The predicted octanol–water partition coefficient (Wildman–Crippen LogP) is 2.36. The van der Waals surface area contributed by atoms with Gasteiger partial charge in [-0.05, 0) is 18.1 Å². The van der Waals surface area contributed by atoms with Crippen molar-refractivity contribution < 1.29 is 9.53 Å². The van der Waals surface area contributed by atoms with Gasteiger partial charge in [-0.25, -0.2) is 15.0 Å². The molecule has 1 aromatic carbocycles. The molecule has 0 atom stereocenters. The van der Waals surface area contributed by atoms with E-state index in [-0.39, 0.29) is 5.91 Å². The number of amides is 1. The second-order valence-electron chi connectivity index (χ2n) is 7.68. The first-order chi connectivity index (χ1) is 14.0. The van der Waals surface area contributed by atoms with E-state index in [9.17, 15) is 4.79 Å². The highest BCUT2D eigenvalue weighted by Crippen LogP contribution is 2.20. The summed E-state index contributed by atoms with van der Waals surface area (Å²) >= 11 is 0. The van der Waals surface area contributed by atoms with Crippen molar-refractivity contribution in [2.24, 2.45) is 13.0 Å². The summed E-state index contributed by atoms with van der Waals surface area (Å²) in [4.78, 5) is 30.1. The molecular weight excluding hydrogens is 368 g/mol. The molecule has 152 valence electrons. The number of aryl methyl sites for hydroxylation is 1. The molecule has 2 aromatic heterocycles. The van der Waals surface area contributed by atoms with Crippen molar-refractivity contribution in [3.8, 4) is 5.88 Å². The number of para-hydroxylation sites is 2. The minimum absolute atomic E-state index is 0.0352. The van der Waals surface area contributed by atoms with Gasteiger partial charge in [0.15, 0.2) is 5.82 Å². The summed E-state index contributed by atoms with van der Waals surface area (Å²) in [5, 5.41) is 0. The Labute approximate surface area is 170 Å². The van der Waals surface area contributed by atoms with Crippen LogP contribution in [-0.4, -0.2) is 63.1 Å². The molecule has 1 fully saturated rings. The van der Waals surface area contributed by atoms with Gasteiger partial charge < -0.3 is 19.1 Å². The molecule has 3 aromatic rings. The molecule has 8 nitrogen and oxygen atoms in total. The van der Waals surface area contributed by atoms with Gasteiger partial charge in [0.25, 0.3) is 5.91 Å². The number of hydrogen-bond donors (Lipinski definition) is 0. The molecule has 0 saturated carbocycles. The Hall–Kier alpha value is -3.16. The number of benzene rings is 1. The van der Waals surface area contributed by atoms with E-state index in [0.29, 0.717) is 50.4 Å². The lowest BCUT2D eigenvalue weighted by molar-refractivity contribution is 0.0731. The van der Waals surface area contributed by atoms with Crippen LogP contribution in [0, 0.1) is 5.92 Å². The number of carbonyl (C=O) groups is 1. The van der Waals surface area contributed by atoms with Crippen LogP contribution in [-0.2, 0) is 7.05 Å². The van der Waals surface area contributed by atoms with Crippen molar-refractivity contribution in [3.05, 3.63) is 42.5 Å². The van der Waals surface area contributed by atoms with E-state index in [1.807, 2.05) is 46.8 Å². The maximum absolute atomic E-state index is 13.0. The number of imidazole rings is 1. The second-order valence-corrected chi connectivity index (χ2v) is 7.68. The van der Waals surface area contributed by atoms with E-state index in [0.717, 1.165) is 16.9 Å². The predicted molar refractivity (Wildman–Crippen MR) is 111 cm³/mol. The first-order valence-electron chi connectivity index (χ1n) is 9.93. The number of carbonyl (C=O) groups excluding carboxylic acids is 1. The van der Waals surface area contributed by atoms with Gasteiger partial charge in [-0.1, -0.05) is 26.0 Å². The standard InChI is InChI=1S/C21H26N6O2/c1-15(2)13-29-19-12-18(22-14-23-19)26-8-10-27(11-9-26)21(28)20-24-16-6-4-5-7-17(16)25(20)3/h4-7,12,14-15H,8-11,13H2,1-3H3. The van der Waals surface area contributed by atoms with Gasteiger partial charge in [-0.2, -0.15) is 0 Å². The Bertz CT molecular complexity index is 1010. The van der Waals surface area contributed by atoms with Crippen LogP contribution in [0.5, 0.6) is 5.88 Å². The summed E-state index contributed by atoms with van der Waals surface area (Å²) in [6.45, 7) is 7.47. The van der Waals surface area contributed by atoms with E-state index in [2.05, 4.69) is 33.7 Å². The van der Waals surface area contributed by atoms with Crippen LogP contribution in [0.4, 0.5) is 5.82 Å². The van der Waals surface area contributed by atoms with Crippen molar-refractivity contribution in [3.63, 3.8) is 0 Å². The summed E-state index contributed by atoms with van der Waals surface area (Å²) < 4.78 is 7.57. The van der Waals surface area contributed by atoms with Gasteiger partial charge in [0.05, 0.1) is 17.6 Å². The van der Waals surface area contributed by atoms with Crippen molar-refractivity contribution in [2.75, 3.05) is 37.7 Å². The molecule has 0 N–H and O–H groups in total. The lowest BCUT2D eigenvalue weighted by Gasteiger charge is -2.35. The van der Waals surface area contributed by atoms with E-state index < -0.39 is 0 Å². The van der Waals surface area contributed by atoms with E-state index in [4.69, 9.17) is 4.74 Å². The van der Waals surface area contributed by atoms with E-state index >= 15 is 0 Å². The van der Waals surface area contributed by atoms with Crippen molar-refractivity contribution >= 4 is 22.8 Å². The number of nitrogens with zero attached hydrogens (tertiary/aromatic N) is 6. The third-order valence-corrected chi connectivity index (χ3v) is 5.06. The van der Waals surface area contributed by atoms with Crippen LogP contribution in [0.3, 0.4) is 0 Å². The monoisotopic (exact) mass is 394 g/mol. The fourth-order valence-corrected chi connectivity index (χ4v) is 3.45. The quantitative estimate of drug-likeness (QED) is 0.661. The minimum Gasteiger partial charge on any atom is -0.477 e. The molecule has 0 spiro atoms. The van der Waals surface area contributed by atoms with Gasteiger partial charge in [-0.15, -0.1) is 0 Å². The molecule has 1 aliphatic heterocycles. The summed E-state index contributed by atoms with van der Waals surface area (Å²) in [7, 11) is 1.89. The average molecular weight is 394 g/mol. The third kappa shape index (κ3) is 4.01. The van der Waals surface area contributed by atoms with Crippen LogP contribution in [0.25, 0.3) is 11.0 Å². The van der Waals surface area contributed by atoms with Gasteiger partial charge >= 0.3 is 0 Å². The van der Waals surface area contributed by atoms with Gasteiger partial charge in [0.2, 0.25) is 5.88 Å². The highest BCUT2D eigenvalue weighted by atomic mass is 16.5. The van der Waals surface area contributed by atoms with Crippen LogP contribution < -0.4 is 9.64 Å². The molecular formula is C21H26N6O2. The molecule has 1 aliphatic rings. The summed E-state index contributed by atoms with van der Waals surface area (Å²) in [6.07, 6.45) is 1.53. The average Bonchev–Trinajstić information content (AvgIpc) is 3.09. The highest BCUT2D eigenvalue weighted by Gasteiger charge is 2.26. The number of ether oxygens (including phenoxy) is 1. The maximum Gasteiger partial charge on any atom is 0.290 e. The zero-order chi connectivity index (χ0) is 20.4. The number of hydrogen-bond acceptors (Lipinski definition) is 6. The van der Waals surface area contributed by atoms with Gasteiger partial charge in [-0.3, -0.25) is 4.79 Å². The highest BCUT2D eigenvalue weighted by molar-refractivity contribution is 5.95. The van der Waals surface area contributed by atoms with Crippen LogP contribution in [0.2, 0.25) is 0 Å². The summed E-state index contributed by atoms with van der Waals surface area (Å²) in [5.41, 5.74) is 1.80. The number of piperazine rings is 1. The molecule has 4 rings (SSSR count). The zero-order valence-electron chi connectivity index (χ0n) is 17.1. The fraction of sp³-hybridized carbons (Fsp3) is 0.429. The fourth-order valence-electron chi connectivity index (χ4n) is 3.45. The molecule has 29 heavy (non-hydrogen) atoms. The maximum atomic E-state index is 13.0. The number of aromatic nitrogens is 4. The van der Waals surface area contributed by atoms with Gasteiger partial charge in [0.1, 0.15) is 12.1 Å². The van der Waals surface area contributed by atoms with Crippen LogP contribution in [0.15, 0.2) is 36.7 Å². The van der Waals surface area contributed by atoms with Crippen molar-refractivity contribution in [1.29, 1.82) is 0 Å². The Balaban J connectivity index is 1.42. The van der Waals surface area contributed by atoms with Crippen LogP contribution in [0.1, 0.15) is 24.5 Å². The molecule has 0 aliphatic carbocycles. The normalized spacial score (nSPS) is 14.6. The molecule has 0 unspecified atom stereocenters. The number of rotatable bonds is 5. The Morgan fingerprint density at radius 1 is 1.14 bits per heavy atom. The van der Waals surface area contributed by atoms with Gasteiger partial charge in [0, 0.05) is 39.3 Å². The number of fused-ring (bicyclic) bond motifs is 1. The smallest absolute Gasteiger partial charge is 0.290 e. The summed E-state index contributed by atoms with van der Waals surface area (Å²) in [6, 6.07) is 9.66. The van der Waals surface area contributed by atoms with Crippen molar-refractivity contribution in [1.82, 2.24) is 24.4 Å². The van der Waals surface area contributed by atoms with E-state index in [1.54, 1.807) is 0 Å². The molecule has 1 amide bonds. The molecule has 3 heterocycles. The first kappa shape index (κ1) is 19.2. The molecule has 8 heteroatoms. The Kier molecular flexibility index (Phi) is 5.33. The first-order valence-corrected chi connectivity index (χ1v) is 9.93. The molecule has 0 radical (unpaired) electrons. The number of anilines is 1. The van der Waals surface area contributed by atoms with E-state index in [1.165, 1.54) is 6.33 Å². The topological polar surface area (TPSA) is 76.4 Å². The summed E-state index contributed by atoms with van der Waals surface area (Å²) in [5.74, 6) is 2.29. The largest absolute Gasteiger partial charge is 0.477 e. The Morgan fingerprint density at radius 3 is 2.62 bits per heavy atom. The molecule has 1 saturated heterocycles.